The molecule has 2 aromatic carbocycles. The normalized spacial score (nSPS) is 10.9. The second-order valence-corrected chi connectivity index (χ2v) is 6.47. The van der Waals surface area contributed by atoms with Crippen molar-refractivity contribution < 1.29 is 19.4 Å². The molecule has 7 heteroatoms. The summed E-state index contributed by atoms with van der Waals surface area (Å²) in [5.74, 6) is -0.640. The monoisotopic (exact) mass is 468 g/mol. The molecule has 0 unspecified atom stereocenters. The van der Waals surface area contributed by atoms with Crippen LogP contribution >= 0.6 is 34.2 Å². The lowest BCUT2D eigenvalue weighted by Gasteiger charge is -2.14. The number of nitriles is 1. The van der Waals surface area contributed by atoms with E-state index in [4.69, 9.17) is 21.1 Å². The Hall–Kier alpha value is -2.24. The van der Waals surface area contributed by atoms with Gasteiger partial charge >= 0.3 is 0 Å². The number of carboxylic acids is 1. The van der Waals surface area contributed by atoms with Crippen molar-refractivity contribution in [2.75, 3.05) is 13.7 Å². The summed E-state index contributed by atoms with van der Waals surface area (Å²) >= 11 is 7.88. The van der Waals surface area contributed by atoms with Crippen molar-refractivity contribution in [1.29, 1.82) is 5.26 Å². The molecule has 0 heterocycles. The van der Waals surface area contributed by atoms with Crippen LogP contribution < -0.4 is 14.6 Å². The summed E-state index contributed by atoms with van der Waals surface area (Å²) < 4.78 is 11.1. The number of hydrogen-bond donors (Lipinski definition) is 0. The van der Waals surface area contributed by atoms with E-state index in [0.29, 0.717) is 31.2 Å². The van der Waals surface area contributed by atoms with Gasteiger partial charge in [-0.05, 0) is 64.1 Å². The van der Waals surface area contributed by atoms with Crippen LogP contribution in [0.3, 0.4) is 0 Å². The van der Waals surface area contributed by atoms with E-state index >= 15 is 0 Å². The zero-order valence-corrected chi connectivity index (χ0v) is 16.0. The van der Waals surface area contributed by atoms with Gasteiger partial charge in [-0.15, -0.1) is 0 Å². The van der Waals surface area contributed by atoms with Crippen LogP contribution in [0.25, 0.3) is 11.6 Å². The van der Waals surface area contributed by atoms with E-state index in [0.717, 1.165) is 5.56 Å². The number of nitrogens with zero attached hydrogens (tertiary/aromatic N) is 1. The van der Waals surface area contributed by atoms with E-state index in [1.807, 2.05) is 22.6 Å². The number of halogens is 2. The minimum Gasteiger partial charge on any atom is -0.546 e. The maximum absolute atomic E-state index is 10.6. The summed E-state index contributed by atoms with van der Waals surface area (Å²) in [7, 11) is 1.45. The maximum Gasteiger partial charge on any atom is 0.175 e. The number of carboxylic acid groups (broad SMARTS) is 1. The van der Waals surface area contributed by atoms with Crippen LogP contribution in [0, 0.1) is 14.9 Å². The first-order valence-electron chi connectivity index (χ1n) is 7.02. The molecule has 0 fully saturated rings. The van der Waals surface area contributed by atoms with Crippen molar-refractivity contribution >= 4 is 51.8 Å². The highest BCUT2D eigenvalue weighted by Crippen LogP contribution is 2.35. The van der Waals surface area contributed by atoms with Gasteiger partial charge in [0.25, 0.3) is 0 Å². The van der Waals surface area contributed by atoms with Crippen LogP contribution in [0.4, 0.5) is 0 Å². The number of rotatable bonds is 6. The van der Waals surface area contributed by atoms with Crippen molar-refractivity contribution in [1.82, 2.24) is 0 Å². The molecule has 0 saturated heterocycles. The van der Waals surface area contributed by atoms with E-state index in [1.54, 1.807) is 42.5 Å². The van der Waals surface area contributed by atoms with E-state index in [-0.39, 0.29) is 0 Å². The van der Waals surface area contributed by atoms with Gasteiger partial charge in [-0.2, -0.15) is 5.26 Å². The van der Waals surface area contributed by atoms with Crippen molar-refractivity contribution in [2.24, 2.45) is 0 Å². The smallest absolute Gasteiger partial charge is 0.175 e. The van der Waals surface area contributed by atoms with Gasteiger partial charge < -0.3 is 19.4 Å². The number of benzene rings is 2. The SMILES string of the molecule is COc1cc(/C=C(\C#N)c2ccc(Cl)cc2)cc(I)c1OCC(=O)[O-]. The Labute approximate surface area is 163 Å². The molecule has 0 saturated carbocycles. The second kappa shape index (κ2) is 8.74. The zero-order valence-electron chi connectivity index (χ0n) is 13.1. The average Bonchev–Trinajstić information content (AvgIpc) is 2.59. The van der Waals surface area contributed by atoms with E-state index in [1.165, 1.54) is 7.11 Å². The second-order valence-electron chi connectivity index (χ2n) is 4.87. The van der Waals surface area contributed by atoms with Crippen molar-refractivity contribution in [3.05, 3.63) is 56.1 Å². The molecule has 25 heavy (non-hydrogen) atoms. The number of methoxy groups -OCH3 is 1. The summed E-state index contributed by atoms with van der Waals surface area (Å²) in [6, 6.07) is 12.5. The molecule has 0 atom stereocenters. The van der Waals surface area contributed by atoms with Crippen molar-refractivity contribution in [3.8, 4) is 17.6 Å². The molecule has 0 N–H and O–H groups in total. The number of carbonyl (C=O) groups excluding carboxylic acids is 1. The molecule has 0 aliphatic carbocycles. The standard InChI is InChI=1S/C18H13ClINO4/c1-24-16-8-11(7-15(20)18(16)25-10-17(22)23)6-13(9-21)12-2-4-14(19)5-3-12/h2-8H,10H2,1H3,(H,22,23)/p-1/b13-6+. The lowest BCUT2D eigenvalue weighted by molar-refractivity contribution is -0.307. The third-order valence-corrected chi connectivity index (χ3v) is 4.23. The third kappa shape index (κ3) is 5.11. The first kappa shape index (κ1) is 19.1. The predicted octanol–water partition coefficient (Wildman–Crippen LogP) is 3.15. The molecule has 5 nitrogen and oxygen atoms in total. The molecule has 0 radical (unpaired) electrons. The summed E-state index contributed by atoms with van der Waals surface area (Å²) in [6.45, 7) is -0.574. The molecule has 128 valence electrons. The summed E-state index contributed by atoms with van der Waals surface area (Å²) in [6.07, 6.45) is 1.70. The lowest BCUT2D eigenvalue weighted by atomic mass is 10.0. The summed E-state index contributed by atoms with van der Waals surface area (Å²) in [5, 5.41) is 20.6. The third-order valence-electron chi connectivity index (χ3n) is 3.17. The Balaban J connectivity index is 2.41. The van der Waals surface area contributed by atoms with Crippen LogP contribution in [-0.2, 0) is 4.79 Å². The Kier molecular flexibility index (Phi) is 6.67. The van der Waals surface area contributed by atoms with E-state index in [9.17, 15) is 15.2 Å². The molecule has 0 aromatic heterocycles. The topological polar surface area (TPSA) is 82.4 Å². The molecule has 0 aliphatic heterocycles. The Bertz CT molecular complexity index is 857. The van der Waals surface area contributed by atoms with Gasteiger partial charge in [0.2, 0.25) is 0 Å². The summed E-state index contributed by atoms with van der Waals surface area (Å²) in [4.78, 5) is 10.6. The van der Waals surface area contributed by atoms with Crippen LogP contribution in [0.5, 0.6) is 11.5 Å². The number of carbonyl (C=O) groups is 1. The quantitative estimate of drug-likeness (QED) is 0.370. The fourth-order valence-corrected chi connectivity index (χ4v) is 2.98. The van der Waals surface area contributed by atoms with E-state index in [2.05, 4.69) is 6.07 Å². The van der Waals surface area contributed by atoms with Gasteiger partial charge in [0.05, 0.1) is 28.3 Å². The van der Waals surface area contributed by atoms with Crippen molar-refractivity contribution in [3.63, 3.8) is 0 Å². The molecule has 0 aliphatic rings. The highest BCUT2D eigenvalue weighted by atomic mass is 127. The zero-order chi connectivity index (χ0) is 18.4. The number of allylic oxidation sites excluding steroid dienone is 1. The van der Waals surface area contributed by atoms with Crippen LogP contribution in [0.1, 0.15) is 11.1 Å². The molecular formula is C18H12ClINO4-. The minimum absolute atomic E-state index is 0.314. The summed E-state index contributed by atoms with van der Waals surface area (Å²) in [5.41, 5.74) is 1.91. The maximum atomic E-state index is 10.6. The minimum atomic E-state index is -1.32. The highest BCUT2D eigenvalue weighted by Gasteiger charge is 2.12. The van der Waals surface area contributed by atoms with Gasteiger partial charge in [0, 0.05) is 5.02 Å². The Morgan fingerprint density at radius 1 is 1.36 bits per heavy atom. The van der Waals surface area contributed by atoms with Crippen LogP contribution in [0.15, 0.2) is 36.4 Å². The molecule has 0 bridgehead atoms. The van der Waals surface area contributed by atoms with Crippen molar-refractivity contribution in [2.45, 2.75) is 0 Å². The Morgan fingerprint density at radius 3 is 2.60 bits per heavy atom. The van der Waals surface area contributed by atoms with Gasteiger partial charge in [-0.3, -0.25) is 0 Å². The first-order valence-corrected chi connectivity index (χ1v) is 8.48. The molecule has 0 spiro atoms. The number of aliphatic carboxylic acids is 1. The lowest BCUT2D eigenvalue weighted by Crippen LogP contribution is -2.29. The fraction of sp³-hybridized carbons (Fsp3) is 0.111. The van der Waals surface area contributed by atoms with Gasteiger partial charge in [-0.1, -0.05) is 23.7 Å². The molecule has 0 amide bonds. The highest BCUT2D eigenvalue weighted by molar-refractivity contribution is 14.1. The van der Waals surface area contributed by atoms with E-state index < -0.39 is 12.6 Å². The number of hydrogen-bond acceptors (Lipinski definition) is 5. The first-order chi connectivity index (χ1) is 11.9. The van der Waals surface area contributed by atoms with Gasteiger partial charge in [-0.25, -0.2) is 0 Å². The van der Waals surface area contributed by atoms with Gasteiger partial charge in [0.15, 0.2) is 11.5 Å². The predicted molar refractivity (Wildman–Crippen MR) is 101 cm³/mol. The molecule has 2 rings (SSSR count). The number of ether oxygens (including phenoxy) is 2. The van der Waals surface area contributed by atoms with Crippen LogP contribution in [-0.4, -0.2) is 19.7 Å². The average molecular weight is 469 g/mol. The largest absolute Gasteiger partial charge is 0.546 e. The van der Waals surface area contributed by atoms with Gasteiger partial charge in [0.1, 0.15) is 6.61 Å². The molecular weight excluding hydrogens is 457 g/mol. The Morgan fingerprint density at radius 2 is 2.04 bits per heavy atom. The fourth-order valence-electron chi connectivity index (χ4n) is 2.07. The molecule has 2 aromatic rings. The van der Waals surface area contributed by atoms with Crippen LogP contribution in [0.2, 0.25) is 5.02 Å².